The maximum Gasteiger partial charge on any atom is 0.407 e. The van der Waals surface area contributed by atoms with Gasteiger partial charge in [-0.25, -0.2) is 9.59 Å². The number of nitrogens with zero attached hydrogens (tertiary/aromatic N) is 1. The van der Waals surface area contributed by atoms with E-state index in [-0.39, 0.29) is 11.6 Å². The van der Waals surface area contributed by atoms with E-state index in [4.69, 9.17) is 18.6 Å². The number of anilines is 3. The Labute approximate surface area is 275 Å². The van der Waals surface area contributed by atoms with E-state index in [9.17, 15) is 9.59 Å². The molecule has 10 nitrogen and oxygen atoms in total. The fourth-order valence-corrected chi connectivity index (χ4v) is 5.56. The first-order valence-corrected chi connectivity index (χ1v) is 18.8. The minimum absolute atomic E-state index is 0.0956. The van der Waals surface area contributed by atoms with Gasteiger partial charge in [-0.3, -0.25) is 4.98 Å². The van der Waals surface area contributed by atoms with Gasteiger partial charge in [-0.05, 0) is 75.5 Å². The summed E-state index contributed by atoms with van der Waals surface area (Å²) in [5, 5.41) is 10.5. The van der Waals surface area contributed by atoms with Gasteiger partial charge in [0.2, 0.25) is 0 Å². The Morgan fingerprint density at radius 1 is 0.978 bits per heavy atom. The number of hydrogen-bond donors (Lipinski definition) is 3. The summed E-state index contributed by atoms with van der Waals surface area (Å²) in [5.41, 5.74) is 4.74. The molecule has 0 saturated heterocycles. The average Bonchev–Trinajstić information content (AvgIpc) is 2.96. The Bertz CT molecular complexity index is 1530. The molecular formula is C35H52N4O6Si. The van der Waals surface area contributed by atoms with E-state index in [0.29, 0.717) is 53.3 Å². The molecule has 0 spiro atoms. The SMILES string of the molecule is CCOC(=O)c1cnc2cc(OC)c(NCCNC(=O)OC(C)(C)C)cc2c1Nc1cccc(CO[Si](C)(C)C(C)(C)C)c1CC. The van der Waals surface area contributed by atoms with Crippen LogP contribution in [0.15, 0.2) is 36.5 Å². The number of carbonyl (C=O) groups is 2. The molecular weight excluding hydrogens is 600 g/mol. The van der Waals surface area contributed by atoms with E-state index in [0.717, 1.165) is 23.2 Å². The van der Waals surface area contributed by atoms with Crippen LogP contribution < -0.4 is 20.7 Å². The van der Waals surface area contributed by atoms with Gasteiger partial charge >= 0.3 is 12.1 Å². The fourth-order valence-electron chi connectivity index (χ4n) is 4.61. The van der Waals surface area contributed by atoms with Crippen molar-refractivity contribution in [1.82, 2.24) is 10.3 Å². The van der Waals surface area contributed by atoms with E-state index in [2.05, 4.69) is 67.8 Å². The van der Waals surface area contributed by atoms with Gasteiger partial charge < -0.3 is 34.6 Å². The monoisotopic (exact) mass is 652 g/mol. The van der Waals surface area contributed by atoms with Crippen LogP contribution in [0.25, 0.3) is 10.9 Å². The molecule has 1 amide bonds. The normalized spacial score (nSPS) is 12.1. The quantitative estimate of drug-likeness (QED) is 0.0954. The van der Waals surface area contributed by atoms with Gasteiger partial charge in [-0.1, -0.05) is 39.8 Å². The molecule has 11 heteroatoms. The highest BCUT2D eigenvalue weighted by molar-refractivity contribution is 6.74. The molecule has 2 aromatic carbocycles. The fraction of sp³-hybridized carbons (Fsp3) is 0.514. The lowest BCUT2D eigenvalue weighted by Crippen LogP contribution is -2.40. The predicted molar refractivity (Wildman–Crippen MR) is 188 cm³/mol. The number of carbonyl (C=O) groups excluding carboxylic acids is 2. The summed E-state index contributed by atoms with van der Waals surface area (Å²) in [5.74, 6) is 0.105. The van der Waals surface area contributed by atoms with Crippen LogP contribution >= 0.6 is 0 Å². The van der Waals surface area contributed by atoms with E-state index in [1.54, 1.807) is 14.0 Å². The topological polar surface area (TPSA) is 120 Å². The van der Waals surface area contributed by atoms with E-state index in [1.165, 1.54) is 6.20 Å². The standard InChI is InChI=1S/C35H52N4O6Si/c1-12-24-23(22-44-46(10,11)35(6,7)8)15-14-16-27(24)39-31-25-19-29(36-17-18-37-33(41)45-34(3,4)5)30(42-9)20-28(25)38-21-26(31)32(40)43-13-2/h14-16,19-21,36H,12-13,17-18,22H2,1-11H3,(H,37,41)(H,38,39). The lowest BCUT2D eigenvalue weighted by atomic mass is 10.0. The summed E-state index contributed by atoms with van der Waals surface area (Å²) in [4.78, 5) is 29.9. The van der Waals surface area contributed by atoms with Gasteiger partial charge in [0.25, 0.3) is 0 Å². The smallest absolute Gasteiger partial charge is 0.407 e. The summed E-state index contributed by atoms with van der Waals surface area (Å²) in [6, 6.07) is 9.85. The zero-order valence-electron chi connectivity index (χ0n) is 29.4. The van der Waals surface area contributed by atoms with Crippen LogP contribution in [0.1, 0.15) is 76.9 Å². The van der Waals surface area contributed by atoms with Crippen molar-refractivity contribution in [1.29, 1.82) is 0 Å². The highest BCUT2D eigenvalue weighted by Gasteiger charge is 2.37. The average molecular weight is 653 g/mol. The number of methoxy groups -OCH3 is 1. The molecule has 1 aromatic heterocycles. The van der Waals surface area contributed by atoms with E-state index in [1.807, 2.05) is 45.0 Å². The minimum Gasteiger partial charge on any atom is -0.495 e. The first-order valence-electron chi connectivity index (χ1n) is 15.9. The second kappa shape index (κ2) is 15.2. The van der Waals surface area contributed by atoms with Crippen LogP contribution in [0, 0.1) is 0 Å². The van der Waals surface area contributed by atoms with Crippen molar-refractivity contribution < 1.29 is 28.2 Å². The molecule has 252 valence electrons. The number of fused-ring (bicyclic) bond motifs is 1. The second-order valence-corrected chi connectivity index (χ2v) is 18.5. The number of ether oxygens (including phenoxy) is 3. The van der Waals surface area contributed by atoms with Gasteiger partial charge in [0, 0.05) is 36.4 Å². The Kier molecular flexibility index (Phi) is 12.1. The summed E-state index contributed by atoms with van der Waals surface area (Å²) < 4.78 is 23.0. The number of benzene rings is 2. The van der Waals surface area contributed by atoms with Crippen LogP contribution in [-0.2, 0) is 26.9 Å². The highest BCUT2D eigenvalue weighted by atomic mass is 28.4. The maximum atomic E-state index is 13.2. The largest absolute Gasteiger partial charge is 0.495 e. The third-order valence-corrected chi connectivity index (χ3v) is 12.6. The van der Waals surface area contributed by atoms with E-state index < -0.39 is 26.0 Å². The molecule has 0 atom stereocenters. The number of pyridine rings is 1. The van der Waals surface area contributed by atoms with Crippen molar-refractivity contribution in [3.63, 3.8) is 0 Å². The van der Waals surface area contributed by atoms with Gasteiger partial charge in [-0.15, -0.1) is 0 Å². The number of rotatable bonds is 13. The number of hydrogen-bond acceptors (Lipinski definition) is 9. The zero-order chi connectivity index (χ0) is 34.3. The number of alkyl carbamates (subject to hydrolysis) is 1. The third-order valence-electron chi connectivity index (χ3n) is 8.07. The molecule has 0 fully saturated rings. The van der Waals surface area contributed by atoms with Crippen LogP contribution in [-0.4, -0.2) is 57.8 Å². The molecule has 46 heavy (non-hydrogen) atoms. The lowest BCUT2D eigenvalue weighted by molar-refractivity contribution is 0.0518. The molecule has 0 aliphatic carbocycles. The Hall–Kier alpha value is -3.83. The Balaban J connectivity index is 2.02. The Morgan fingerprint density at radius 2 is 1.70 bits per heavy atom. The van der Waals surface area contributed by atoms with Crippen molar-refractivity contribution >= 4 is 48.3 Å². The molecule has 0 radical (unpaired) electrons. The molecule has 0 saturated carbocycles. The molecule has 1 heterocycles. The van der Waals surface area contributed by atoms with Gasteiger partial charge in [0.05, 0.1) is 37.2 Å². The van der Waals surface area contributed by atoms with Crippen molar-refractivity contribution in [2.45, 2.75) is 92.2 Å². The number of aromatic nitrogens is 1. The van der Waals surface area contributed by atoms with Crippen molar-refractivity contribution in [3.05, 3.63) is 53.2 Å². The highest BCUT2D eigenvalue weighted by Crippen LogP contribution is 2.39. The Morgan fingerprint density at radius 3 is 2.30 bits per heavy atom. The van der Waals surface area contributed by atoms with Crippen LogP contribution in [0.2, 0.25) is 18.1 Å². The van der Waals surface area contributed by atoms with Gasteiger partial charge in [-0.2, -0.15) is 0 Å². The first kappa shape index (κ1) is 36.6. The van der Waals surface area contributed by atoms with Crippen LogP contribution in [0.3, 0.4) is 0 Å². The molecule has 0 aliphatic heterocycles. The van der Waals surface area contributed by atoms with Gasteiger partial charge in [0.1, 0.15) is 16.9 Å². The predicted octanol–water partition coefficient (Wildman–Crippen LogP) is 8.18. The van der Waals surface area contributed by atoms with Crippen molar-refractivity contribution in [2.75, 3.05) is 37.4 Å². The molecule has 3 aromatic rings. The first-order chi connectivity index (χ1) is 21.5. The second-order valence-electron chi connectivity index (χ2n) is 13.7. The zero-order valence-corrected chi connectivity index (χ0v) is 30.4. The van der Waals surface area contributed by atoms with Crippen LogP contribution in [0.4, 0.5) is 21.9 Å². The maximum absolute atomic E-state index is 13.2. The summed E-state index contributed by atoms with van der Waals surface area (Å²) in [6.07, 6.45) is 1.82. The molecule has 0 aliphatic rings. The van der Waals surface area contributed by atoms with Gasteiger partial charge in [0.15, 0.2) is 8.32 Å². The summed E-state index contributed by atoms with van der Waals surface area (Å²) in [7, 11) is -0.384. The summed E-state index contributed by atoms with van der Waals surface area (Å²) in [6.45, 7) is 22.0. The third kappa shape index (κ3) is 9.35. The van der Waals surface area contributed by atoms with E-state index >= 15 is 0 Å². The van der Waals surface area contributed by atoms with Crippen LogP contribution in [0.5, 0.6) is 5.75 Å². The minimum atomic E-state index is -1.97. The number of esters is 1. The van der Waals surface area contributed by atoms with Crippen molar-refractivity contribution in [2.24, 2.45) is 0 Å². The molecule has 3 rings (SSSR count). The molecule has 0 bridgehead atoms. The lowest BCUT2D eigenvalue weighted by Gasteiger charge is -2.36. The molecule has 0 unspecified atom stereocenters. The number of nitrogens with one attached hydrogen (secondary N) is 3. The molecule has 3 N–H and O–H groups in total. The summed E-state index contributed by atoms with van der Waals surface area (Å²) >= 11 is 0. The number of amides is 1. The van der Waals surface area contributed by atoms with Crippen molar-refractivity contribution in [3.8, 4) is 5.75 Å².